The van der Waals surface area contributed by atoms with E-state index in [1.54, 1.807) is 6.07 Å². The van der Waals surface area contributed by atoms with Gasteiger partial charge in [-0.05, 0) is 110 Å². The van der Waals surface area contributed by atoms with Gasteiger partial charge in [-0.25, -0.2) is 29.8 Å². The number of anilines is 1. The van der Waals surface area contributed by atoms with Crippen molar-refractivity contribution in [3.63, 3.8) is 0 Å². The number of hydrogen-bond donors (Lipinski definition) is 1. The van der Waals surface area contributed by atoms with Crippen LogP contribution in [0.25, 0.3) is 0 Å². The van der Waals surface area contributed by atoms with Crippen LogP contribution in [0.1, 0.15) is 95.8 Å². The minimum absolute atomic E-state index is 0. The Morgan fingerprint density at radius 1 is 0.776 bits per heavy atom. The number of hydrogen-bond acceptors (Lipinski definition) is 14. The predicted molar refractivity (Wildman–Crippen MR) is 271 cm³/mol. The van der Waals surface area contributed by atoms with Gasteiger partial charge in [0.1, 0.15) is 33.9 Å². The molecular weight excluding hydrogens is 1070 g/mol. The molecule has 76 heavy (non-hydrogen) atoms. The van der Waals surface area contributed by atoms with Crippen LogP contribution in [0.5, 0.6) is 5.75 Å². The van der Waals surface area contributed by atoms with Gasteiger partial charge in [0.15, 0.2) is 5.71 Å². The van der Waals surface area contributed by atoms with E-state index in [9.17, 15) is 53.3 Å². The minimum Gasteiger partial charge on any atom is -0.748 e. The summed E-state index contributed by atoms with van der Waals surface area (Å²) < 4.78 is 114. The summed E-state index contributed by atoms with van der Waals surface area (Å²) in [6.45, 7) is 8.98. The molecule has 0 saturated heterocycles. The number of allylic oxidation sites excluding steroid dienone is 7. The van der Waals surface area contributed by atoms with Gasteiger partial charge in [-0.3, -0.25) is 19.3 Å². The zero-order valence-corrected chi connectivity index (χ0v) is 52.7. The van der Waals surface area contributed by atoms with E-state index in [-0.39, 0.29) is 132 Å². The molecule has 7 rings (SSSR count). The van der Waals surface area contributed by atoms with E-state index < -0.39 is 64.5 Å². The van der Waals surface area contributed by atoms with Crippen molar-refractivity contribution in [3.05, 3.63) is 142 Å². The smallest absolute Gasteiger partial charge is 0.748 e. The summed E-state index contributed by atoms with van der Waals surface area (Å²) in [7, 11) is -13.6. The molecule has 390 valence electrons. The van der Waals surface area contributed by atoms with E-state index in [2.05, 4.69) is 35.9 Å². The van der Waals surface area contributed by atoms with E-state index >= 15 is 0 Å². The fourth-order valence-corrected chi connectivity index (χ4v) is 11.4. The van der Waals surface area contributed by atoms with Crippen molar-refractivity contribution < 1.29 is 151 Å². The van der Waals surface area contributed by atoms with Gasteiger partial charge < -0.3 is 28.6 Å². The van der Waals surface area contributed by atoms with Crippen LogP contribution in [0.15, 0.2) is 125 Å². The first kappa shape index (κ1) is 65.5. The first-order valence-electron chi connectivity index (χ1n) is 24.1. The number of carbonyl (C=O) groups is 3. The molecule has 17 nitrogen and oxygen atoms in total. The summed E-state index contributed by atoms with van der Waals surface area (Å²) in [6.07, 6.45) is 14.0. The number of nitrogens with zero attached hydrogens (tertiary/aromatic N) is 3. The molecule has 0 radical (unpaired) electrons. The molecule has 0 bridgehead atoms. The maximum atomic E-state index is 12.7. The molecule has 0 aromatic heterocycles. The van der Waals surface area contributed by atoms with Crippen LogP contribution in [-0.4, -0.2) is 110 Å². The van der Waals surface area contributed by atoms with Gasteiger partial charge in [-0.1, -0.05) is 51.5 Å². The Morgan fingerprint density at radius 3 is 2.08 bits per heavy atom. The second-order valence-corrected chi connectivity index (χ2v) is 23.9. The molecule has 0 atom stereocenters. The Bertz CT molecular complexity index is 3200. The van der Waals surface area contributed by atoms with Crippen LogP contribution in [-0.2, 0) is 62.0 Å². The van der Waals surface area contributed by atoms with Crippen molar-refractivity contribution in [3.8, 4) is 5.75 Å². The molecule has 3 aromatic rings. The van der Waals surface area contributed by atoms with Crippen molar-refractivity contribution in [1.29, 1.82) is 0 Å². The van der Waals surface area contributed by atoms with Gasteiger partial charge in [0, 0.05) is 84.4 Å². The number of imide groups is 1. The molecule has 0 saturated carbocycles. The molecule has 3 aromatic carbocycles. The van der Waals surface area contributed by atoms with Crippen LogP contribution in [0.3, 0.4) is 0 Å². The van der Waals surface area contributed by atoms with E-state index in [4.69, 9.17) is 4.74 Å². The Morgan fingerprint density at radius 2 is 1.43 bits per heavy atom. The maximum Gasteiger partial charge on any atom is 1.00 e. The minimum atomic E-state index is -4.80. The molecule has 1 aliphatic carbocycles. The molecule has 3 aliphatic heterocycles. The van der Waals surface area contributed by atoms with E-state index in [0.29, 0.717) is 68.0 Å². The molecule has 0 spiro atoms. The van der Waals surface area contributed by atoms with E-state index in [1.807, 2.05) is 79.4 Å². The Kier molecular flexibility index (Phi) is 23.6. The predicted octanol–water partition coefficient (Wildman–Crippen LogP) is -2.92. The van der Waals surface area contributed by atoms with E-state index in [1.165, 1.54) is 24.3 Å². The quantitative estimate of drug-likeness (QED) is 0.0265. The van der Waals surface area contributed by atoms with Crippen molar-refractivity contribution in [2.24, 2.45) is 0 Å². The number of fused-ring (bicyclic) bond motifs is 2. The second kappa shape index (κ2) is 27.4. The van der Waals surface area contributed by atoms with Crippen molar-refractivity contribution in [2.45, 2.75) is 101 Å². The monoisotopic (exact) mass is 1120 g/mol. The average Bonchev–Trinajstić information content (AvgIpc) is 3.84. The molecule has 0 unspecified atom stereocenters. The first-order valence-corrected chi connectivity index (χ1v) is 28.7. The summed E-state index contributed by atoms with van der Waals surface area (Å²) in [5.41, 5.74) is 6.17. The van der Waals surface area contributed by atoms with Crippen molar-refractivity contribution >= 4 is 65.2 Å². The standard InChI is InChI=1S/C53H62N4O13S3.3Na/c1-52(2)42-14-5-6-15-44(42)55(31-7-9-34-71(61,62)63)46(52)25-19-38-12-11-13-39(51(38)70-40-21-16-37(17-22-40)18-27-48(58)54-30-33-57-49(59)28-29-50(57)60)20-26-47-53(3,4)43-36-41(73(67,68)69)23-24-45(43)56(47)32-8-10-35-72(64,65)66;;;/h6,14-17,19-26,28-29,36H,7-13,18,27,30-35H2,1-4H3,(H,54,58)(H,61,62,63)(H,64,65,66)(H,67,68,69);;;/q;3*+1/p-3. The molecule has 4 aliphatic rings. The summed E-state index contributed by atoms with van der Waals surface area (Å²) in [6, 6.07) is 20.5. The van der Waals surface area contributed by atoms with Gasteiger partial charge in [-0.15, -0.1) is 6.07 Å². The zero-order chi connectivity index (χ0) is 52.9. The Hall–Kier alpha value is -3.03. The Balaban J connectivity index is 0.00000416. The average molecular weight is 1130 g/mol. The van der Waals surface area contributed by atoms with Crippen LogP contribution >= 0.6 is 0 Å². The summed E-state index contributed by atoms with van der Waals surface area (Å²) in [4.78, 5) is 39.0. The normalized spacial score (nSPS) is 18.0. The molecular formula is C53H59N4Na3O13S3. The van der Waals surface area contributed by atoms with Crippen molar-refractivity contribution in [2.75, 3.05) is 42.6 Å². The number of amides is 3. The zero-order valence-electron chi connectivity index (χ0n) is 44.2. The first-order chi connectivity index (χ1) is 34.3. The largest absolute Gasteiger partial charge is 1.00 e. The van der Waals surface area contributed by atoms with Gasteiger partial charge in [0.2, 0.25) is 5.91 Å². The molecule has 3 heterocycles. The molecule has 1 N–H and O–H groups in total. The van der Waals surface area contributed by atoms with Crippen LogP contribution in [0.4, 0.5) is 11.4 Å². The topological polar surface area (TPSA) is 254 Å². The third-order valence-electron chi connectivity index (χ3n) is 13.6. The SMILES string of the molecule is CC1(C)C(/C=C/C2=C(Oc3ccc(CCC(=O)NCCN4C(=O)C=CC4=O)cc3)C(=C/C=C3/N(CCCCS(=O)(=O)[O-])c4ccc(S(=O)(=O)[O-])cc4C3(C)C)/CCC2)=[N+](CCCCS(=O)(=O)[O-])c2cc[c-]cc21.[Na+].[Na+].[Na+]. The van der Waals surface area contributed by atoms with Gasteiger partial charge in [0.25, 0.3) is 11.8 Å². The maximum absolute atomic E-state index is 12.7. The Labute approximate surface area is 513 Å². The summed E-state index contributed by atoms with van der Waals surface area (Å²) >= 11 is 0. The second-order valence-electron chi connectivity index (χ2n) is 19.5. The number of aryl methyl sites for hydroxylation is 1. The number of carbonyl (C=O) groups excluding carboxylic acids is 3. The molecule has 0 fully saturated rings. The van der Waals surface area contributed by atoms with Crippen molar-refractivity contribution in [1.82, 2.24) is 10.2 Å². The van der Waals surface area contributed by atoms with Gasteiger partial charge >= 0.3 is 88.7 Å². The number of nitrogens with one attached hydrogen (secondary N) is 1. The number of benzene rings is 3. The summed E-state index contributed by atoms with van der Waals surface area (Å²) in [5, 5.41) is 2.76. The van der Waals surface area contributed by atoms with Gasteiger partial charge in [0.05, 0.1) is 25.1 Å². The van der Waals surface area contributed by atoms with Crippen LogP contribution in [0.2, 0.25) is 0 Å². The van der Waals surface area contributed by atoms with E-state index in [0.717, 1.165) is 50.7 Å². The summed E-state index contributed by atoms with van der Waals surface area (Å²) in [5.74, 6) is -0.965. The third-order valence-corrected chi connectivity index (χ3v) is 16.1. The number of unbranched alkanes of at least 4 members (excludes halogenated alkanes) is 2. The van der Waals surface area contributed by atoms with Crippen LogP contribution < -0.4 is 104 Å². The molecule has 3 amide bonds. The fraction of sp³-hybridized carbons (Fsp3) is 0.396. The van der Waals surface area contributed by atoms with Gasteiger partial charge in [-0.2, -0.15) is 18.2 Å². The van der Waals surface area contributed by atoms with Crippen LogP contribution in [0, 0.1) is 6.07 Å². The number of ether oxygens (including phenoxy) is 1. The third kappa shape index (κ3) is 16.5. The molecule has 23 heteroatoms. The fourth-order valence-electron chi connectivity index (χ4n) is 9.81. The number of rotatable bonds is 22.